The summed E-state index contributed by atoms with van der Waals surface area (Å²) in [4.78, 5) is 32.7. The maximum atomic E-state index is 12.7. The second-order valence-electron chi connectivity index (χ2n) is 5.85. The van der Waals surface area contributed by atoms with Crippen molar-refractivity contribution in [2.24, 2.45) is 0 Å². The number of amides is 1. The molecule has 1 amide bonds. The second kappa shape index (κ2) is 6.44. The van der Waals surface area contributed by atoms with Crippen LogP contribution >= 0.6 is 0 Å². The number of methoxy groups -OCH3 is 1. The van der Waals surface area contributed by atoms with E-state index < -0.39 is 5.97 Å². The highest BCUT2D eigenvalue weighted by Gasteiger charge is 2.33. The summed E-state index contributed by atoms with van der Waals surface area (Å²) in [6.45, 7) is 3.75. The largest absolute Gasteiger partial charge is 0.465 e. The molecule has 6 nitrogen and oxygen atoms in total. The Labute approximate surface area is 130 Å². The predicted molar refractivity (Wildman–Crippen MR) is 80.7 cm³/mol. The second-order valence-corrected chi connectivity index (χ2v) is 5.85. The number of pyridine rings is 1. The van der Waals surface area contributed by atoms with Gasteiger partial charge < -0.3 is 9.64 Å². The van der Waals surface area contributed by atoms with Crippen LogP contribution in [0.4, 0.5) is 0 Å². The van der Waals surface area contributed by atoms with E-state index in [1.54, 1.807) is 6.07 Å². The van der Waals surface area contributed by atoms with Crippen LogP contribution in [0.1, 0.15) is 40.0 Å². The first kappa shape index (κ1) is 15.0. The van der Waals surface area contributed by atoms with Gasteiger partial charge in [-0.3, -0.25) is 14.7 Å². The number of likely N-dealkylation sites (tertiary alicyclic amines) is 2. The van der Waals surface area contributed by atoms with E-state index >= 15 is 0 Å². The van der Waals surface area contributed by atoms with Crippen LogP contribution in [0.5, 0.6) is 0 Å². The average molecular weight is 303 g/mol. The molecule has 3 heterocycles. The van der Waals surface area contributed by atoms with Crippen molar-refractivity contribution in [3.05, 3.63) is 29.6 Å². The molecule has 0 unspecified atom stereocenters. The maximum absolute atomic E-state index is 12.7. The van der Waals surface area contributed by atoms with Gasteiger partial charge in [-0.05, 0) is 38.4 Å². The fourth-order valence-corrected chi connectivity index (χ4v) is 3.35. The van der Waals surface area contributed by atoms with Crippen LogP contribution in [0, 0.1) is 0 Å². The third-order valence-electron chi connectivity index (χ3n) is 4.56. The highest BCUT2D eigenvalue weighted by atomic mass is 16.5. The molecule has 3 rings (SSSR count). The molecular weight excluding hydrogens is 282 g/mol. The van der Waals surface area contributed by atoms with Crippen LogP contribution in [0.3, 0.4) is 0 Å². The summed E-state index contributed by atoms with van der Waals surface area (Å²) < 4.78 is 4.73. The first-order valence-corrected chi connectivity index (χ1v) is 7.76. The lowest BCUT2D eigenvalue weighted by Gasteiger charge is -2.23. The van der Waals surface area contributed by atoms with E-state index in [-0.39, 0.29) is 11.5 Å². The van der Waals surface area contributed by atoms with Gasteiger partial charge in [-0.25, -0.2) is 4.79 Å². The molecule has 22 heavy (non-hydrogen) atoms. The third kappa shape index (κ3) is 2.83. The van der Waals surface area contributed by atoms with Gasteiger partial charge in [0, 0.05) is 31.5 Å². The first-order valence-electron chi connectivity index (χ1n) is 7.76. The van der Waals surface area contributed by atoms with E-state index in [9.17, 15) is 9.59 Å². The van der Waals surface area contributed by atoms with Crippen LogP contribution in [0.25, 0.3) is 0 Å². The zero-order valence-electron chi connectivity index (χ0n) is 12.8. The van der Waals surface area contributed by atoms with Crippen molar-refractivity contribution >= 4 is 11.9 Å². The van der Waals surface area contributed by atoms with E-state index in [0.29, 0.717) is 11.6 Å². The minimum absolute atomic E-state index is 0.107. The smallest absolute Gasteiger partial charge is 0.340 e. The molecule has 0 bridgehead atoms. The summed E-state index contributed by atoms with van der Waals surface area (Å²) in [6.07, 6.45) is 6.44. The van der Waals surface area contributed by atoms with Crippen molar-refractivity contribution < 1.29 is 14.3 Å². The first-order chi connectivity index (χ1) is 10.7. The standard InChI is InChI=1S/C16H21N3O3/c1-22-16(21)14-10-17-6-4-13(14)15(20)19-9-5-12(11-19)18-7-2-3-8-18/h4,6,10,12H,2-3,5,7-9,11H2,1H3/t12-/m1/s1. The molecule has 2 fully saturated rings. The number of ether oxygens (including phenoxy) is 1. The average Bonchev–Trinajstić information content (AvgIpc) is 3.24. The lowest BCUT2D eigenvalue weighted by atomic mass is 10.1. The Bertz CT molecular complexity index is 570. The number of nitrogens with zero attached hydrogens (tertiary/aromatic N) is 3. The van der Waals surface area contributed by atoms with Gasteiger partial charge in [0.15, 0.2) is 0 Å². The van der Waals surface area contributed by atoms with E-state index in [4.69, 9.17) is 4.74 Å². The van der Waals surface area contributed by atoms with Crippen LogP contribution in [-0.2, 0) is 4.74 Å². The van der Waals surface area contributed by atoms with Crippen molar-refractivity contribution in [2.45, 2.75) is 25.3 Å². The van der Waals surface area contributed by atoms with Crippen LogP contribution < -0.4 is 0 Å². The van der Waals surface area contributed by atoms with Crippen molar-refractivity contribution in [3.8, 4) is 0 Å². The van der Waals surface area contributed by atoms with Gasteiger partial charge in [0.2, 0.25) is 0 Å². The Morgan fingerprint density at radius 2 is 2.00 bits per heavy atom. The lowest BCUT2D eigenvalue weighted by molar-refractivity contribution is 0.0591. The number of esters is 1. The van der Waals surface area contributed by atoms with Gasteiger partial charge in [-0.2, -0.15) is 0 Å². The molecule has 0 aromatic carbocycles. The quantitative estimate of drug-likeness (QED) is 0.785. The highest BCUT2D eigenvalue weighted by Crippen LogP contribution is 2.22. The number of hydrogen-bond donors (Lipinski definition) is 0. The van der Waals surface area contributed by atoms with E-state index in [1.165, 1.54) is 32.3 Å². The highest BCUT2D eigenvalue weighted by molar-refractivity contribution is 6.05. The summed E-state index contributed by atoms with van der Waals surface area (Å²) in [5, 5.41) is 0. The van der Waals surface area contributed by atoms with Gasteiger partial charge in [-0.15, -0.1) is 0 Å². The van der Waals surface area contributed by atoms with E-state index in [1.807, 2.05) is 4.90 Å². The summed E-state index contributed by atoms with van der Waals surface area (Å²) in [5.74, 6) is -0.628. The molecule has 0 N–H and O–H groups in total. The van der Waals surface area contributed by atoms with Crippen molar-refractivity contribution in [1.82, 2.24) is 14.8 Å². The molecule has 6 heteroatoms. The van der Waals surface area contributed by atoms with Crippen LogP contribution in [0.15, 0.2) is 18.5 Å². The summed E-state index contributed by atoms with van der Waals surface area (Å²) in [7, 11) is 1.31. The molecule has 0 aliphatic carbocycles. The molecule has 1 aromatic rings. The van der Waals surface area contributed by atoms with Gasteiger partial charge >= 0.3 is 5.97 Å². The zero-order valence-corrected chi connectivity index (χ0v) is 12.8. The molecule has 0 saturated carbocycles. The molecule has 0 radical (unpaired) electrons. The Balaban J connectivity index is 1.73. The molecule has 2 aliphatic rings. The van der Waals surface area contributed by atoms with Crippen LogP contribution in [-0.4, -0.2) is 66.0 Å². The number of carbonyl (C=O) groups is 2. The normalized spacial score (nSPS) is 22.0. The Hall–Kier alpha value is -1.95. The minimum atomic E-state index is -0.522. The molecule has 1 aromatic heterocycles. The lowest BCUT2D eigenvalue weighted by Crippen LogP contribution is -2.37. The van der Waals surface area contributed by atoms with Gasteiger partial charge in [0.05, 0.1) is 18.2 Å². The number of aromatic nitrogens is 1. The molecule has 2 aliphatic heterocycles. The van der Waals surface area contributed by atoms with E-state index in [0.717, 1.165) is 32.6 Å². The Morgan fingerprint density at radius 3 is 2.73 bits per heavy atom. The van der Waals surface area contributed by atoms with Gasteiger partial charge in [0.25, 0.3) is 5.91 Å². The van der Waals surface area contributed by atoms with Crippen LogP contribution in [0.2, 0.25) is 0 Å². The molecule has 2 saturated heterocycles. The number of hydrogen-bond acceptors (Lipinski definition) is 5. The number of rotatable bonds is 3. The molecular formula is C16H21N3O3. The fraction of sp³-hybridized carbons (Fsp3) is 0.562. The fourth-order valence-electron chi connectivity index (χ4n) is 3.35. The summed E-state index contributed by atoms with van der Waals surface area (Å²) in [5.41, 5.74) is 0.614. The Morgan fingerprint density at radius 1 is 1.23 bits per heavy atom. The Kier molecular flexibility index (Phi) is 4.38. The van der Waals surface area contributed by atoms with Gasteiger partial charge in [-0.1, -0.05) is 0 Å². The molecule has 1 atom stereocenters. The SMILES string of the molecule is COC(=O)c1cnccc1C(=O)N1CC[C@@H](N2CCCC2)C1. The molecule has 118 valence electrons. The number of carbonyl (C=O) groups excluding carboxylic acids is 2. The molecule has 0 spiro atoms. The van der Waals surface area contributed by atoms with Crippen molar-refractivity contribution in [3.63, 3.8) is 0 Å². The maximum Gasteiger partial charge on any atom is 0.340 e. The van der Waals surface area contributed by atoms with Crippen molar-refractivity contribution in [1.29, 1.82) is 0 Å². The topological polar surface area (TPSA) is 62.7 Å². The monoisotopic (exact) mass is 303 g/mol. The summed E-state index contributed by atoms with van der Waals surface area (Å²) in [6, 6.07) is 2.05. The minimum Gasteiger partial charge on any atom is -0.465 e. The summed E-state index contributed by atoms with van der Waals surface area (Å²) >= 11 is 0. The predicted octanol–water partition coefficient (Wildman–Crippen LogP) is 1.18. The van der Waals surface area contributed by atoms with Crippen molar-refractivity contribution in [2.75, 3.05) is 33.3 Å². The third-order valence-corrected chi connectivity index (χ3v) is 4.56. The van der Waals surface area contributed by atoms with E-state index in [2.05, 4.69) is 9.88 Å². The zero-order chi connectivity index (χ0) is 15.5. The van der Waals surface area contributed by atoms with Gasteiger partial charge in [0.1, 0.15) is 0 Å².